The van der Waals surface area contributed by atoms with Gasteiger partial charge in [-0.2, -0.15) is 0 Å². The number of halogens is 1. The van der Waals surface area contributed by atoms with Gasteiger partial charge in [-0.25, -0.2) is 0 Å². The SMILES string of the molecule is CO[PH](=O)c1ccccc1Cl. The fourth-order valence-corrected chi connectivity index (χ4v) is 1.83. The first-order valence-electron chi connectivity index (χ1n) is 3.08. The summed E-state index contributed by atoms with van der Waals surface area (Å²) in [7, 11) is -0.711. The van der Waals surface area contributed by atoms with Crippen LogP contribution in [0.4, 0.5) is 0 Å². The highest BCUT2D eigenvalue weighted by molar-refractivity contribution is 7.48. The summed E-state index contributed by atoms with van der Waals surface area (Å²) in [5.74, 6) is 0. The maximum absolute atomic E-state index is 11.1. The maximum atomic E-state index is 11.1. The molecule has 0 saturated heterocycles. The van der Waals surface area contributed by atoms with Crippen LogP contribution in [0.15, 0.2) is 24.3 Å². The van der Waals surface area contributed by atoms with Crippen LogP contribution in [0.5, 0.6) is 0 Å². The van der Waals surface area contributed by atoms with Gasteiger partial charge in [0.1, 0.15) is 0 Å². The first-order valence-corrected chi connectivity index (χ1v) is 4.78. The van der Waals surface area contributed by atoms with Crippen molar-refractivity contribution in [2.45, 2.75) is 0 Å². The lowest BCUT2D eigenvalue weighted by Gasteiger charge is -2.00. The molecular formula is C7H8ClO2P. The van der Waals surface area contributed by atoms with Crippen molar-refractivity contribution >= 4 is 24.9 Å². The molecule has 0 heterocycles. The highest BCUT2D eigenvalue weighted by Gasteiger charge is 2.04. The zero-order chi connectivity index (χ0) is 8.27. The average molecular weight is 191 g/mol. The Kier molecular flexibility index (Phi) is 3.13. The molecule has 0 amide bonds. The van der Waals surface area contributed by atoms with Crippen LogP contribution >= 0.6 is 19.6 Å². The number of hydrogen-bond acceptors (Lipinski definition) is 2. The van der Waals surface area contributed by atoms with Gasteiger partial charge >= 0.3 is 0 Å². The fraction of sp³-hybridized carbons (Fsp3) is 0.143. The molecule has 0 radical (unpaired) electrons. The molecule has 2 nitrogen and oxygen atoms in total. The highest BCUT2D eigenvalue weighted by Crippen LogP contribution is 2.23. The van der Waals surface area contributed by atoms with E-state index in [1.807, 2.05) is 0 Å². The molecule has 0 N–H and O–H groups in total. The van der Waals surface area contributed by atoms with Crippen LogP contribution in [0.2, 0.25) is 5.02 Å². The van der Waals surface area contributed by atoms with Crippen LogP contribution in [-0.4, -0.2) is 7.11 Å². The molecule has 0 aliphatic carbocycles. The lowest BCUT2D eigenvalue weighted by molar-refractivity contribution is 0.423. The van der Waals surface area contributed by atoms with E-state index in [2.05, 4.69) is 4.52 Å². The molecule has 11 heavy (non-hydrogen) atoms. The monoisotopic (exact) mass is 190 g/mol. The van der Waals surface area contributed by atoms with E-state index in [0.29, 0.717) is 10.3 Å². The van der Waals surface area contributed by atoms with Crippen molar-refractivity contribution in [1.29, 1.82) is 0 Å². The van der Waals surface area contributed by atoms with Gasteiger partial charge in [-0.1, -0.05) is 23.7 Å². The second-order valence-electron chi connectivity index (χ2n) is 1.97. The molecule has 1 rings (SSSR count). The summed E-state index contributed by atoms with van der Waals surface area (Å²) in [6, 6.07) is 6.96. The molecular weight excluding hydrogens is 183 g/mol. The quantitative estimate of drug-likeness (QED) is 0.668. The molecule has 0 saturated carbocycles. The smallest absolute Gasteiger partial charge is 0.221 e. The normalized spacial score (nSPS) is 12.9. The predicted molar refractivity (Wildman–Crippen MR) is 47.1 cm³/mol. The van der Waals surface area contributed by atoms with E-state index in [0.717, 1.165) is 0 Å². The van der Waals surface area contributed by atoms with Gasteiger partial charge in [-0.05, 0) is 12.1 Å². The van der Waals surface area contributed by atoms with Gasteiger partial charge in [0.15, 0.2) is 0 Å². The molecule has 0 aliphatic heterocycles. The van der Waals surface area contributed by atoms with Gasteiger partial charge < -0.3 is 4.52 Å². The maximum Gasteiger partial charge on any atom is 0.221 e. The molecule has 0 aromatic heterocycles. The lowest BCUT2D eigenvalue weighted by atomic mass is 10.4. The first kappa shape index (κ1) is 8.79. The van der Waals surface area contributed by atoms with Crippen molar-refractivity contribution in [3.8, 4) is 0 Å². The Morgan fingerprint density at radius 3 is 2.64 bits per heavy atom. The second kappa shape index (κ2) is 3.91. The minimum absolute atomic E-state index is 0.498. The molecule has 1 aromatic rings. The Hall–Kier alpha value is -0.300. The summed E-state index contributed by atoms with van der Waals surface area (Å²) in [4.78, 5) is 0. The van der Waals surface area contributed by atoms with Crippen molar-refractivity contribution in [1.82, 2.24) is 0 Å². The minimum Gasteiger partial charge on any atom is -0.331 e. The zero-order valence-corrected chi connectivity index (χ0v) is 7.76. The fourth-order valence-electron chi connectivity index (χ4n) is 0.737. The van der Waals surface area contributed by atoms with E-state index in [4.69, 9.17) is 11.6 Å². The highest BCUT2D eigenvalue weighted by atomic mass is 35.5. The third-order valence-corrected chi connectivity index (χ3v) is 3.01. The molecule has 4 heteroatoms. The van der Waals surface area contributed by atoms with E-state index in [1.165, 1.54) is 7.11 Å². The van der Waals surface area contributed by atoms with Crippen LogP contribution < -0.4 is 5.30 Å². The average Bonchev–Trinajstić information content (AvgIpc) is 2.04. The zero-order valence-electron chi connectivity index (χ0n) is 6.00. The second-order valence-corrected chi connectivity index (χ2v) is 3.90. The van der Waals surface area contributed by atoms with Crippen molar-refractivity contribution in [2.24, 2.45) is 0 Å². The Morgan fingerprint density at radius 1 is 1.45 bits per heavy atom. The summed E-state index contributed by atoms with van der Waals surface area (Å²) >= 11 is 5.74. The largest absolute Gasteiger partial charge is 0.331 e. The predicted octanol–water partition coefficient (Wildman–Crippen LogP) is 2.09. The van der Waals surface area contributed by atoms with E-state index in [-0.39, 0.29) is 0 Å². The standard InChI is InChI=1S/C7H8ClO2P/c1-10-11(9)7-5-3-2-4-6(7)8/h2-5,11H,1H3. The van der Waals surface area contributed by atoms with Crippen LogP contribution in [0.1, 0.15) is 0 Å². The van der Waals surface area contributed by atoms with Crippen molar-refractivity contribution in [2.75, 3.05) is 7.11 Å². The van der Waals surface area contributed by atoms with Gasteiger partial charge in [-0.15, -0.1) is 0 Å². The van der Waals surface area contributed by atoms with Crippen LogP contribution in [-0.2, 0) is 9.09 Å². The van der Waals surface area contributed by atoms with Crippen LogP contribution in [0, 0.1) is 0 Å². The van der Waals surface area contributed by atoms with Gasteiger partial charge in [0.05, 0.1) is 10.3 Å². The Labute approximate surface area is 71.0 Å². The summed E-state index contributed by atoms with van der Waals surface area (Å²) in [5.41, 5.74) is 0. The van der Waals surface area contributed by atoms with Gasteiger partial charge in [-0.3, -0.25) is 4.57 Å². The Bertz CT molecular complexity index is 275. The molecule has 1 aromatic carbocycles. The van der Waals surface area contributed by atoms with Crippen molar-refractivity contribution < 1.29 is 9.09 Å². The molecule has 1 atom stereocenters. The van der Waals surface area contributed by atoms with E-state index in [1.54, 1.807) is 24.3 Å². The summed E-state index contributed by atoms with van der Waals surface area (Å²) < 4.78 is 15.8. The first-order chi connectivity index (χ1) is 5.25. The van der Waals surface area contributed by atoms with E-state index >= 15 is 0 Å². The van der Waals surface area contributed by atoms with Gasteiger partial charge in [0, 0.05) is 7.11 Å². The lowest BCUT2D eigenvalue weighted by Crippen LogP contribution is -1.97. The van der Waals surface area contributed by atoms with Gasteiger partial charge in [0.2, 0.25) is 8.03 Å². The number of benzene rings is 1. The summed E-state index contributed by atoms with van der Waals surface area (Å²) in [6.45, 7) is 0. The molecule has 0 spiro atoms. The van der Waals surface area contributed by atoms with Gasteiger partial charge in [0.25, 0.3) is 0 Å². The van der Waals surface area contributed by atoms with E-state index < -0.39 is 8.03 Å². The summed E-state index contributed by atoms with van der Waals surface area (Å²) in [6.07, 6.45) is 0. The number of hydrogen-bond donors (Lipinski definition) is 0. The topological polar surface area (TPSA) is 26.3 Å². The van der Waals surface area contributed by atoms with Crippen molar-refractivity contribution in [3.05, 3.63) is 29.3 Å². The molecule has 0 bridgehead atoms. The van der Waals surface area contributed by atoms with Crippen molar-refractivity contribution in [3.63, 3.8) is 0 Å². The number of rotatable bonds is 2. The molecule has 0 aliphatic rings. The summed E-state index contributed by atoms with van der Waals surface area (Å²) in [5, 5.41) is 1.08. The van der Waals surface area contributed by atoms with Crippen LogP contribution in [0.25, 0.3) is 0 Å². The molecule has 60 valence electrons. The molecule has 0 fully saturated rings. The third kappa shape index (κ3) is 2.06. The van der Waals surface area contributed by atoms with Crippen LogP contribution in [0.3, 0.4) is 0 Å². The molecule has 1 unspecified atom stereocenters. The van der Waals surface area contributed by atoms with E-state index in [9.17, 15) is 4.57 Å². The third-order valence-electron chi connectivity index (χ3n) is 1.28. The minimum atomic E-state index is -2.12. The Morgan fingerprint density at radius 2 is 2.09 bits per heavy atom. The Balaban J connectivity index is 3.03.